The van der Waals surface area contributed by atoms with Crippen LogP contribution in [0.3, 0.4) is 0 Å². The van der Waals surface area contributed by atoms with Crippen LogP contribution in [0.15, 0.2) is 24.3 Å². The van der Waals surface area contributed by atoms with Crippen LogP contribution < -0.4 is 5.32 Å². The lowest BCUT2D eigenvalue weighted by atomic mass is 10.0. The van der Waals surface area contributed by atoms with Crippen molar-refractivity contribution in [2.45, 2.75) is 25.6 Å². The first-order valence-corrected chi connectivity index (χ1v) is 6.32. The van der Waals surface area contributed by atoms with Gasteiger partial charge in [0.25, 0.3) is 5.69 Å². The predicted molar refractivity (Wildman–Crippen MR) is 71.3 cm³/mol. The van der Waals surface area contributed by atoms with Gasteiger partial charge in [-0.3, -0.25) is 19.7 Å². The number of nitro benzene ring substituents is 1. The molecule has 0 heterocycles. The first kappa shape index (κ1) is 18.4. The molecule has 1 amide bonds. The molecule has 126 valence electrons. The number of ether oxygens (including phenoxy) is 1. The van der Waals surface area contributed by atoms with Gasteiger partial charge < -0.3 is 10.1 Å². The topological polar surface area (TPSA) is 98.5 Å². The third-order valence-corrected chi connectivity index (χ3v) is 2.63. The van der Waals surface area contributed by atoms with Gasteiger partial charge in [-0.25, -0.2) is 0 Å². The second-order valence-electron chi connectivity index (χ2n) is 4.59. The van der Waals surface area contributed by atoms with Crippen LogP contribution in [0.25, 0.3) is 0 Å². The van der Waals surface area contributed by atoms with Crippen LogP contribution in [-0.4, -0.2) is 29.6 Å². The predicted octanol–water partition coefficient (Wildman–Crippen LogP) is 2.27. The van der Waals surface area contributed by atoms with Gasteiger partial charge in [0, 0.05) is 19.1 Å². The fourth-order valence-electron chi connectivity index (χ4n) is 1.74. The maximum Gasteiger partial charge on any atom is 0.422 e. The minimum absolute atomic E-state index is 0.207. The Kier molecular flexibility index (Phi) is 6.05. The Hall–Kier alpha value is -2.65. The van der Waals surface area contributed by atoms with Crippen LogP contribution in [0.4, 0.5) is 18.9 Å². The number of hydrogen-bond acceptors (Lipinski definition) is 5. The van der Waals surface area contributed by atoms with E-state index in [1.807, 2.05) is 0 Å². The lowest BCUT2D eigenvalue weighted by molar-refractivity contribution is -0.384. The van der Waals surface area contributed by atoms with Crippen molar-refractivity contribution in [3.8, 4) is 0 Å². The normalized spacial score (nSPS) is 12.3. The van der Waals surface area contributed by atoms with E-state index in [4.69, 9.17) is 0 Å². The monoisotopic (exact) mass is 334 g/mol. The van der Waals surface area contributed by atoms with Gasteiger partial charge in [0.05, 0.1) is 17.4 Å². The lowest BCUT2D eigenvalue weighted by Crippen LogP contribution is -2.29. The zero-order valence-corrected chi connectivity index (χ0v) is 11.9. The smallest absolute Gasteiger partial charge is 0.422 e. The van der Waals surface area contributed by atoms with Gasteiger partial charge in [-0.1, -0.05) is 12.1 Å². The molecule has 1 N–H and O–H groups in total. The first-order valence-electron chi connectivity index (χ1n) is 6.32. The van der Waals surface area contributed by atoms with Crippen LogP contribution in [0.5, 0.6) is 0 Å². The maximum absolute atomic E-state index is 12.0. The van der Waals surface area contributed by atoms with E-state index in [1.165, 1.54) is 18.2 Å². The third-order valence-electron chi connectivity index (χ3n) is 2.63. The lowest BCUT2D eigenvalue weighted by Gasteiger charge is -2.18. The number of carbonyl (C=O) groups excluding carboxylic acids is 2. The van der Waals surface area contributed by atoms with Crippen LogP contribution in [-0.2, 0) is 14.3 Å². The van der Waals surface area contributed by atoms with Gasteiger partial charge in [-0.05, 0) is 5.56 Å². The molecule has 0 aliphatic carbocycles. The summed E-state index contributed by atoms with van der Waals surface area (Å²) in [6.45, 7) is -0.598. The van der Waals surface area contributed by atoms with E-state index in [9.17, 15) is 32.9 Å². The van der Waals surface area contributed by atoms with Crippen LogP contribution >= 0.6 is 0 Å². The number of amides is 1. The molecular weight excluding hydrogens is 321 g/mol. The summed E-state index contributed by atoms with van der Waals surface area (Å²) in [5, 5.41) is 13.1. The summed E-state index contributed by atoms with van der Waals surface area (Å²) in [7, 11) is 0. The van der Waals surface area contributed by atoms with Crippen LogP contribution in [0, 0.1) is 10.1 Å². The fourth-order valence-corrected chi connectivity index (χ4v) is 1.74. The molecule has 0 fully saturated rings. The molecule has 0 aliphatic heterocycles. The van der Waals surface area contributed by atoms with E-state index in [0.717, 1.165) is 13.0 Å². The molecule has 0 unspecified atom stereocenters. The quantitative estimate of drug-likeness (QED) is 0.489. The van der Waals surface area contributed by atoms with Gasteiger partial charge in [0.2, 0.25) is 5.91 Å². The highest BCUT2D eigenvalue weighted by molar-refractivity contribution is 5.76. The highest BCUT2D eigenvalue weighted by Gasteiger charge is 2.30. The minimum Gasteiger partial charge on any atom is -0.456 e. The zero-order chi connectivity index (χ0) is 17.6. The van der Waals surface area contributed by atoms with Crippen molar-refractivity contribution in [1.29, 1.82) is 0 Å². The van der Waals surface area contributed by atoms with Crippen molar-refractivity contribution in [1.82, 2.24) is 5.32 Å². The summed E-state index contributed by atoms with van der Waals surface area (Å²) >= 11 is 0. The summed E-state index contributed by atoms with van der Waals surface area (Å²) in [6.07, 6.45) is -5.25. The summed E-state index contributed by atoms with van der Waals surface area (Å²) in [4.78, 5) is 32.7. The second-order valence-corrected chi connectivity index (χ2v) is 4.59. The number of hydrogen-bond donors (Lipinski definition) is 1. The molecule has 1 aromatic carbocycles. The molecule has 0 aliphatic rings. The zero-order valence-electron chi connectivity index (χ0n) is 11.9. The number of rotatable bonds is 6. The summed E-state index contributed by atoms with van der Waals surface area (Å²) in [5.74, 6) is -1.74. The highest BCUT2D eigenvalue weighted by atomic mass is 19.4. The molecule has 0 radical (unpaired) electrons. The molecular formula is C13H13F3N2O5. The second kappa shape index (κ2) is 7.56. The molecule has 0 saturated carbocycles. The largest absolute Gasteiger partial charge is 0.456 e. The molecule has 0 aromatic heterocycles. The maximum atomic E-state index is 12.0. The van der Waals surface area contributed by atoms with E-state index < -0.39 is 42.0 Å². The first-order chi connectivity index (χ1) is 10.6. The van der Waals surface area contributed by atoms with Gasteiger partial charge in [0.15, 0.2) is 6.61 Å². The Morgan fingerprint density at radius 3 is 2.57 bits per heavy atom. The number of esters is 1. The number of non-ortho nitro benzene ring substituents is 1. The fraction of sp³-hybridized carbons (Fsp3) is 0.385. The van der Waals surface area contributed by atoms with E-state index in [0.29, 0.717) is 0 Å². The van der Waals surface area contributed by atoms with E-state index in [1.54, 1.807) is 0 Å². The van der Waals surface area contributed by atoms with Gasteiger partial charge in [-0.2, -0.15) is 13.2 Å². The van der Waals surface area contributed by atoms with Crippen molar-refractivity contribution in [2.24, 2.45) is 0 Å². The Morgan fingerprint density at radius 1 is 1.39 bits per heavy atom. The van der Waals surface area contributed by atoms with Gasteiger partial charge >= 0.3 is 12.1 Å². The minimum atomic E-state index is -4.66. The average Bonchev–Trinajstić information content (AvgIpc) is 2.43. The standard InChI is InChI=1S/C13H13F3N2O5/c1-8(19)17-11(6-12(20)23-7-13(14,15)16)9-3-2-4-10(5-9)18(21)22/h2-5,11H,6-7H2,1H3,(H,17,19)/t11-/m0/s1. The van der Waals surface area contributed by atoms with Crippen molar-refractivity contribution in [2.75, 3.05) is 6.61 Å². The van der Waals surface area contributed by atoms with E-state index in [-0.39, 0.29) is 11.3 Å². The number of carbonyl (C=O) groups is 2. The Balaban J connectivity index is 2.88. The van der Waals surface area contributed by atoms with Gasteiger partial charge in [0.1, 0.15) is 0 Å². The van der Waals surface area contributed by atoms with Gasteiger partial charge in [-0.15, -0.1) is 0 Å². The van der Waals surface area contributed by atoms with Crippen LogP contribution in [0.1, 0.15) is 24.9 Å². The molecule has 10 heteroatoms. The average molecular weight is 334 g/mol. The molecule has 1 aromatic rings. The van der Waals surface area contributed by atoms with E-state index >= 15 is 0 Å². The highest BCUT2D eigenvalue weighted by Crippen LogP contribution is 2.23. The molecule has 1 atom stereocenters. The number of nitrogens with one attached hydrogen (secondary N) is 1. The van der Waals surface area contributed by atoms with Crippen molar-refractivity contribution in [3.05, 3.63) is 39.9 Å². The van der Waals surface area contributed by atoms with Crippen molar-refractivity contribution in [3.63, 3.8) is 0 Å². The molecule has 23 heavy (non-hydrogen) atoms. The molecule has 0 bridgehead atoms. The summed E-state index contributed by atoms with van der Waals surface area (Å²) in [6, 6.07) is 4.04. The molecule has 0 spiro atoms. The Bertz CT molecular complexity index is 604. The molecule has 0 saturated heterocycles. The summed E-state index contributed by atoms with van der Waals surface area (Å²) < 4.78 is 40.1. The van der Waals surface area contributed by atoms with Crippen LogP contribution in [0.2, 0.25) is 0 Å². The van der Waals surface area contributed by atoms with Crippen molar-refractivity contribution >= 4 is 17.6 Å². The number of alkyl halides is 3. The molecule has 7 nitrogen and oxygen atoms in total. The Morgan fingerprint density at radius 2 is 2.04 bits per heavy atom. The number of benzene rings is 1. The third kappa shape index (κ3) is 6.76. The SMILES string of the molecule is CC(=O)N[C@@H](CC(=O)OCC(F)(F)F)c1cccc([N+](=O)[O-])c1. The number of nitro groups is 1. The number of halogens is 3. The Labute approximate surface area is 128 Å². The molecule has 1 rings (SSSR count). The van der Waals surface area contributed by atoms with Crippen molar-refractivity contribution < 1.29 is 32.4 Å². The summed E-state index contributed by atoms with van der Waals surface area (Å²) in [5.41, 5.74) is -0.0696. The van der Waals surface area contributed by atoms with E-state index in [2.05, 4.69) is 10.1 Å². The number of nitrogens with zero attached hydrogens (tertiary/aromatic N) is 1.